The van der Waals surface area contributed by atoms with Crippen LogP contribution in [-0.2, 0) is 0 Å². The monoisotopic (exact) mass is 219 g/mol. The molecule has 0 radical (unpaired) electrons. The summed E-state index contributed by atoms with van der Waals surface area (Å²) in [7, 11) is 0. The third-order valence-electron chi connectivity index (χ3n) is 2.93. The summed E-state index contributed by atoms with van der Waals surface area (Å²) >= 11 is 0. The van der Waals surface area contributed by atoms with Crippen molar-refractivity contribution in [2.24, 2.45) is 4.99 Å². The van der Waals surface area contributed by atoms with Crippen molar-refractivity contribution >= 4 is 11.3 Å². The molecule has 1 heteroatoms. The molecule has 82 valence electrons. The molecule has 0 aliphatic carbocycles. The van der Waals surface area contributed by atoms with Gasteiger partial charge in [0, 0.05) is 11.1 Å². The Bertz CT molecular complexity index is 511. The summed E-state index contributed by atoms with van der Waals surface area (Å²) in [4.78, 5) is 4.59. The van der Waals surface area contributed by atoms with Crippen LogP contribution >= 0.6 is 0 Å². The van der Waals surface area contributed by atoms with Crippen LogP contribution in [0.15, 0.2) is 71.7 Å². The third kappa shape index (κ3) is 1.92. The first-order valence-electron chi connectivity index (χ1n) is 5.81. The molecule has 2 aromatic rings. The molecule has 0 bridgehead atoms. The first-order chi connectivity index (χ1) is 8.45. The maximum atomic E-state index is 4.59. The summed E-state index contributed by atoms with van der Waals surface area (Å²) < 4.78 is 0. The van der Waals surface area contributed by atoms with Crippen LogP contribution in [0.4, 0.5) is 0 Å². The zero-order valence-corrected chi connectivity index (χ0v) is 9.51. The van der Waals surface area contributed by atoms with E-state index >= 15 is 0 Å². The van der Waals surface area contributed by atoms with Gasteiger partial charge in [-0.25, -0.2) is 0 Å². The van der Waals surface area contributed by atoms with E-state index in [9.17, 15) is 0 Å². The standard InChI is InChI=1S/C16H13N/c1-3-7-13(8-4-1)15-11-12-17-16(15)14-9-5-2-6-10-14/h1-11H,12H2. The highest BCUT2D eigenvalue weighted by atomic mass is 14.8. The maximum Gasteiger partial charge on any atom is 0.0726 e. The summed E-state index contributed by atoms with van der Waals surface area (Å²) in [6.45, 7) is 0.786. The summed E-state index contributed by atoms with van der Waals surface area (Å²) in [5.74, 6) is 0. The average molecular weight is 219 g/mol. The Morgan fingerprint density at radius 1 is 0.706 bits per heavy atom. The van der Waals surface area contributed by atoms with Crippen molar-refractivity contribution in [1.29, 1.82) is 0 Å². The third-order valence-corrected chi connectivity index (χ3v) is 2.93. The number of hydrogen-bond donors (Lipinski definition) is 0. The first-order valence-corrected chi connectivity index (χ1v) is 5.81. The van der Waals surface area contributed by atoms with E-state index in [-0.39, 0.29) is 0 Å². The van der Waals surface area contributed by atoms with Crippen LogP contribution in [0.1, 0.15) is 11.1 Å². The largest absolute Gasteiger partial charge is 0.280 e. The number of allylic oxidation sites excluding steroid dienone is 1. The second-order valence-corrected chi connectivity index (χ2v) is 4.04. The maximum absolute atomic E-state index is 4.59. The number of nitrogens with zero attached hydrogens (tertiary/aromatic N) is 1. The molecule has 0 aromatic heterocycles. The lowest BCUT2D eigenvalue weighted by Gasteiger charge is -2.07. The summed E-state index contributed by atoms with van der Waals surface area (Å²) in [5.41, 5.74) is 4.79. The number of aliphatic imine (C=N–C) groups is 1. The number of rotatable bonds is 2. The molecular weight excluding hydrogens is 206 g/mol. The van der Waals surface area contributed by atoms with Crippen LogP contribution in [0, 0.1) is 0 Å². The van der Waals surface area contributed by atoms with E-state index in [0.717, 1.165) is 12.3 Å². The lowest BCUT2D eigenvalue weighted by atomic mass is 9.97. The second-order valence-electron chi connectivity index (χ2n) is 4.04. The van der Waals surface area contributed by atoms with E-state index in [1.54, 1.807) is 0 Å². The Hall–Kier alpha value is -2.15. The van der Waals surface area contributed by atoms with E-state index in [1.807, 2.05) is 12.1 Å². The topological polar surface area (TPSA) is 12.4 Å². The van der Waals surface area contributed by atoms with Gasteiger partial charge in [-0.1, -0.05) is 66.7 Å². The molecule has 0 unspecified atom stereocenters. The fourth-order valence-electron chi connectivity index (χ4n) is 2.13. The molecule has 0 N–H and O–H groups in total. The molecule has 3 rings (SSSR count). The Labute approximate surface area is 101 Å². The van der Waals surface area contributed by atoms with Crippen LogP contribution in [0.2, 0.25) is 0 Å². The normalized spacial score (nSPS) is 14.4. The van der Waals surface area contributed by atoms with Gasteiger partial charge in [0.15, 0.2) is 0 Å². The minimum atomic E-state index is 0.786. The average Bonchev–Trinajstić information content (AvgIpc) is 2.90. The van der Waals surface area contributed by atoms with E-state index in [2.05, 4.69) is 59.6 Å². The Morgan fingerprint density at radius 2 is 1.29 bits per heavy atom. The number of benzene rings is 2. The highest BCUT2D eigenvalue weighted by molar-refractivity contribution is 6.33. The smallest absolute Gasteiger partial charge is 0.0726 e. The lowest BCUT2D eigenvalue weighted by molar-refractivity contribution is 1.28. The van der Waals surface area contributed by atoms with Gasteiger partial charge in [-0.3, -0.25) is 4.99 Å². The van der Waals surface area contributed by atoms with Gasteiger partial charge in [0.1, 0.15) is 0 Å². The molecule has 1 heterocycles. The molecule has 0 amide bonds. The predicted octanol–water partition coefficient (Wildman–Crippen LogP) is 3.57. The lowest BCUT2D eigenvalue weighted by Crippen LogP contribution is -2.00. The van der Waals surface area contributed by atoms with E-state index < -0.39 is 0 Å². The molecule has 1 nitrogen and oxygen atoms in total. The zero-order valence-electron chi connectivity index (χ0n) is 9.51. The van der Waals surface area contributed by atoms with Crippen LogP contribution in [-0.4, -0.2) is 12.3 Å². The van der Waals surface area contributed by atoms with Crippen molar-refractivity contribution < 1.29 is 0 Å². The van der Waals surface area contributed by atoms with Crippen LogP contribution in [0.25, 0.3) is 5.57 Å². The molecule has 2 aromatic carbocycles. The Morgan fingerprint density at radius 3 is 1.94 bits per heavy atom. The van der Waals surface area contributed by atoms with Crippen molar-refractivity contribution in [3.8, 4) is 0 Å². The molecule has 0 saturated heterocycles. The van der Waals surface area contributed by atoms with Crippen molar-refractivity contribution in [3.63, 3.8) is 0 Å². The fourth-order valence-corrected chi connectivity index (χ4v) is 2.13. The molecule has 1 aliphatic heterocycles. The molecular formula is C16H13N. The van der Waals surface area contributed by atoms with Gasteiger partial charge in [-0.15, -0.1) is 0 Å². The molecule has 0 saturated carbocycles. The van der Waals surface area contributed by atoms with Gasteiger partial charge >= 0.3 is 0 Å². The van der Waals surface area contributed by atoms with Crippen molar-refractivity contribution in [1.82, 2.24) is 0 Å². The van der Waals surface area contributed by atoms with E-state index in [4.69, 9.17) is 0 Å². The SMILES string of the molecule is C1=C(c2ccccc2)C(c2ccccc2)=NC1. The van der Waals surface area contributed by atoms with Gasteiger partial charge in [0.2, 0.25) is 0 Å². The summed E-state index contributed by atoms with van der Waals surface area (Å²) in [6, 6.07) is 20.8. The second kappa shape index (κ2) is 4.38. The van der Waals surface area contributed by atoms with Crippen molar-refractivity contribution in [2.75, 3.05) is 6.54 Å². The molecule has 1 aliphatic rings. The Balaban J connectivity index is 2.01. The minimum Gasteiger partial charge on any atom is -0.280 e. The van der Waals surface area contributed by atoms with Gasteiger partial charge in [-0.2, -0.15) is 0 Å². The van der Waals surface area contributed by atoms with Gasteiger partial charge < -0.3 is 0 Å². The molecule has 17 heavy (non-hydrogen) atoms. The van der Waals surface area contributed by atoms with Crippen LogP contribution in [0.3, 0.4) is 0 Å². The highest BCUT2D eigenvalue weighted by Crippen LogP contribution is 2.24. The predicted molar refractivity (Wildman–Crippen MR) is 72.3 cm³/mol. The highest BCUT2D eigenvalue weighted by Gasteiger charge is 2.14. The minimum absolute atomic E-state index is 0.786. The fraction of sp³-hybridized carbons (Fsp3) is 0.0625. The first kappa shape index (κ1) is 10.0. The van der Waals surface area contributed by atoms with Gasteiger partial charge in [0.25, 0.3) is 0 Å². The molecule has 0 atom stereocenters. The van der Waals surface area contributed by atoms with Gasteiger partial charge in [-0.05, 0) is 5.56 Å². The van der Waals surface area contributed by atoms with E-state index in [0.29, 0.717) is 0 Å². The number of hydrogen-bond acceptors (Lipinski definition) is 1. The summed E-state index contributed by atoms with van der Waals surface area (Å²) in [5, 5.41) is 0. The van der Waals surface area contributed by atoms with Crippen LogP contribution in [0.5, 0.6) is 0 Å². The van der Waals surface area contributed by atoms with E-state index in [1.165, 1.54) is 16.7 Å². The molecule has 0 spiro atoms. The van der Waals surface area contributed by atoms with Crippen molar-refractivity contribution in [2.45, 2.75) is 0 Å². The Kier molecular flexibility index (Phi) is 2.59. The summed E-state index contributed by atoms with van der Waals surface area (Å²) in [6.07, 6.45) is 2.19. The quantitative estimate of drug-likeness (QED) is 0.732. The van der Waals surface area contributed by atoms with Gasteiger partial charge in [0.05, 0.1) is 12.3 Å². The van der Waals surface area contributed by atoms with Crippen molar-refractivity contribution in [3.05, 3.63) is 77.9 Å². The zero-order chi connectivity index (χ0) is 11.5. The molecule has 0 fully saturated rings. The van der Waals surface area contributed by atoms with Crippen LogP contribution < -0.4 is 0 Å².